The molecule has 0 saturated heterocycles. The number of fused-ring (bicyclic) bond motifs is 2. The van der Waals surface area contributed by atoms with E-state index >= 15 is 0 Å². The summed E-state index contributed by atoms with van der Waals surface area (Å²) in [6, 6.07) is 3.32. The monoisotopic (exact) mass is 318 g/mol. The molecule has 3 rings (SSSR count). The van der Waals surface area contributed by atoms with Gasteiger partial charge in [-0.1, -0.05) is 12.2 Å². The van der Waals surface area contributed by atoms with Gasteiger partial charge in [-0.05, 0) is 24.3 Å². The van der Waals surface area contributed by atoms with Crippen LogP contribution in [0, 0.1) is 33.8 Å². The van der Waals surface area contributed by atoms with Crippen molar-refractivity contribution in [2.75, 3.05) is 5.32 Å². The molecule has 0 radical (unpaired) electrons. The Balaban J connectivity index is 1.81. The van der Waals surface area contributed by atoms with E-state index in [0.29, 0.717) is 6.42 Å². The van der Waals surface area contributed by atoms with Gasteiger partial charge in [0, 0.05) is 6.07 Å². The normalized spacial score (nSPS) is 27.8. The number of nitrogens with one attached hydrogen (secondary N) is 1. The molecule has 8 nitrogen and oxygen atoms in total. The Hall–Kier alpha value is -2.90. The van der Waals surface area contributed by atoms with Crippen molar-refractivity contribution in [3.8, 4) is 5.75 Å². The lowest BCUT2D eigenvalue weighted by molar-refractivity contribution is -0.384. The van der Waals surface area contributed by atoms with E-state index < -0.39 is 34.4 Å². The van der Waals surface area contributed by atoms with Crippen molar-refractivity contribution < 1.29 is 24.7 Å². The SMILES string of the molecule is O=C(O)[C@@H]1[C@@H](C(=O)Nc2ccc([N+](=O)[O-])cc2O)[C@H]2C=C[C@H]1C2. The molecular weight excluding hydrogens is 304 g/mol. The number of carboxylic acids is 1. The zero-order valence-corrected chi connectivity index (χ0v) is 11.9. The summed E-state index contributed by atoms with van der Waals surface area (Å²) in [6.45, 7) is 0. The smallest absolute Gasteiger partial charge is 0.307 e. The first-order chi connectivity index (χ1) is 10.9. The second-order valence-corrected chi connectivity index (χ2v) is 5.79. The van der Waals surface area contributed by atoms with Crippen LogP contribution in [0.25, 0.3) is 0 Å². The van der Waals surface area contributed by atoms with Crippen molar-refractivity contribution in [3.63, 3.8) is 0 Å². The number of aliphatic carboxylic acids is 1. The van der Waals surface area contributed by atoms with E-state index in [0.717, 1.165) is 12.1 Å². The summed E-state index contributed by atoms with van der Waals surface area (Å²) in [5.74, 6) is -3.74. The van der Waals surface area contributed by atoms with E-state index in [1.54, 1.807) is 0 Å². The van der Waals surface area contributed by atoms with Gasteiger partial charge in [-0.2, -0.15) is 0 Å². The lowest BCUT2D eigenvalue weighted by atomic mass is 9.82. The molecule has 2 aliphatic rings. The largest absolute Gasteiger partial charge is 0.506 e. The summed E-state index contributed by atoms with van der Waals surface area (Å²) in [5.41, 5.74) is -0.275. The Morgan fingerprint density at radius 2 is 1.87 bits per heavy atom. The van der Waals surface area contributed by atoms with Crippen LogP contribution in [-0.2, 0) is 9.59 Å². The molecule has 0 unspecified atom stereocenters. The highest BCUT2D eigenvalue weighted by molar-refractivity contribution is 5.97. The van der Waals surface area contributed by atoms with Gasteiger partial charge < -0.3 is 15.5 Å². The van der Waals surface area contributed by atoms with Crippen molar-refractivity contribution in [2.45, 2.75) is 6.42 Å². The van der Waals surface area contributed by atoms with Gasteiger partial charge in [0.25, 0.3) is 5.69 Å². The molecule has 0 aromatic heterocycles. The van der Waals surface area contributed by atoms with Crippen LogP contribution >= 0.6 is 0 Å². The van der Waals surface area contributed by atoms with Crippen LogP contribution in [0.5, 0.6) is 5.75 Å². The standard InChI is InChI=1S/C15H14N2O6/c18-11-6-9(17(22)23)3-4-10(11)16-14(19)12-7-1-2-8(5-7)13(12)15(20)21/h1-4,6-8,12-13,18H,5H2,(H,16,19)(H,20,21)/t7-,8-,12-,13-/m0/s1. The third kappa shape index (κ3) is 2.52. The van der Waals surface area contributed by atoms with E-state index in [9.17, 15) is 29.9 Å². The highest BCUT2D eigenvalue weighted by Gasteiger charge is 2.51. The maximum absolute atomic E-state index is 12.4. The molecular formula is C15H14N2O6. The number of rotatable bonds is 4. The molecule has 1 aromatic rings. The molecule has 1 fully saturated rings. The van der Waals surface area contributed by atoms with E-state index in [1.165, 1.54) is 6.07 Å². The van der Waals surface area contributed by atoms with Crippen molar-refractivity contribution in [1.29, 1.82) is 0 Å². The first kappa shape index (κ1) is 15.0. The summed E-state index contributed by atoms with van der Waals surface area (Å²) in [7, 11) is 0. The van der Waals surface area contributed by atoms with Crippen molar-refractivity contribution in [2.24, 2.45) is 23.7 Å². The first-order valence-electron chi connectivity index (χ1n) is 7.08. The number of carbonyl (C=O) groups excluding carboxylic acids is 1. The number of phenols is 1. The fraction of sp³-hybridized carbons (Fsp3) is 0.333. The number of amides is 1. The number of nitrogens with zero attached hydrogens (tertiary/aromatic N) is 1. The predicted octanol–water partition coefficient (Wildman–Crippen LogP) is 1.76. The van der Waals surface area contributed by atoms with Gasteiger partial charge >= 0.3 is 5.97 Å². The molecule has 2 aliphatic carbocycles. The van der Waals surface area contributed by atoms with Gasteiger partial charge in [0.05, 0.1) is 28.5 Å². The first-order valence-corrected chi connectivity index (χ1v) is 7.08. The van der Waals surface area contributed by atoms with E-state index in [-0.39, 0.29) is 23.2 Å². The molecule has 23 heavy (non-hydrogen) atoms. The Labute approximate surface area is 130 Å². The average molecular weight is 318 g/mol. The number of hydrogen-bond acceptors (Lipinski definition) is 5. The third-order valence-corrected chi connectivity index (χ3v) is 4.50. The Bertz CT molecular complexity index is 729. The van der Waals surface area contributed by atoms with E-state index in [2.05, 4.69) is 5.32 Å². The van der Waals surface area contributed by atoms with Gasteiger partial charge in [0.15, 0.2) is 0 Å². The van der Waals surface area contributed by atoms with Crippen molar-refractivity contribution in [3.05, 3.63) is 40.5 Å². The Kier molecular flexibility index (Phi) is 3.51. The summed E-state index contributed by atoms with van der Waals surface area (Å²) >= 11 is 0. The van der Waals surface area contributed by atoms with Crippen LogP contribution in [0.2, 0.25) is 0 Å². The zero-order chi connectivity index (χ0) is 16.7. The van der Waals surface area contributed by atoms with Gasteiger partial charge in [0.2, 0.25) is 5.91 Å². The highest BCUT2D eigenvalue weighted by atomic mass is 16.6. The molecule has 4 atom stereocenters. The topological polar surface area (TPSA) is 130 Å². The number of benzene rings is 1. The van der Waals surface area contributed by atoms with E-state index in [1.807, 2.05) is 12.2 Å². The number of aromatic hydroxyl groups is 1. The molecule has 2 bridgehead atoms. The lowest BCUT2D eigenvalue weighted by Crippen LogP contribution is -2.36. The number of allylic oxidation sites excluding steroid dienone is 2. The second-order valence-electron chi connectivity index (χ2n) is 5.79. The highest BCUT2D eigenvalue weighted by Crippen LogP contribution is 2.48. The number of carboxylic acid groups (broad SMARTS) is 1. The van der Waals surface area contributed by atoms with Gasteiger partial charge in [0.1, 0.15) is 5.75 Å². The Morgan fingerprint density at radius 3 is 2.43 bits per heavy atom. The molecule has 1 saturated carbocycles. The zero-order valence-electron chi connectivity index (χ0n) is 11.9. The number of nitro groups is 1. The summed E-state index contributed by atoms with van der Waals surface area (Å²) in [6.07, 6.45) is 4.31. The van der Waals surface area contributed by atoms with Crippen LogP contribution in [0.1, 0.15) is 6.42 Å². The lowest BCUT2D eigenvalue weighted by Gasteiger charge is -2.24. The van der Waals surface area contributed by atoms with Crippen LogP contribution < -0.4 is 5.32 Å². The number of carbonyl (C=O) groups is 2. The molecule has 1 amide bonds. The number of phenolic OH excluding ortho intramolecular Hbond substituents is 1. The molecule has 0 aliphatic heterocycles. The molecule has 0 spiro atoms. The Morgan fingerprint density at radius 1 is 1.22 bits per heavy atom. The summed E-state index contributed by atoms with van der Waals surface area (Å²) in [5, 5.41) is 32.2. The second kappa shape index (κ2) is 5.38. The minimum Gasteiger partial charge on any atom is -0.506 e. The van der Waals surface area contributed by atoms with Crippen molar-refractivity contribution in [1.82, 2.24) is 0 Å². The maximum atomic E-state index is 12.4. The van der Waals surface area contributed by atoms with Crippen molar-refractivity contribution >= 4 is 23.3 Å². The fourth-order valence-corrected chi connectivity index (χ4v) is 3.47. The number of hydrogen-bond donors (Lipinski definition) is 3. The number of anilines is 1. The average Bonchev–Trinajstić information content (AvgIpc) is 3.09. The van der Waals surface area contributed by atoms with Gasteiger partial charge in [-0.3, -0.25) is 19.7 Å². The van der Waals surface area contributed by atoms with Crippen LogP contribution in [-0.4, -0.2) is 27.0 Å². The minimum atomic E-state index is -1.02. The summed E-state index contributed by atoms with van der Waals surface area (Å²) in [4.78, 5) is 33.8. The van der Waals surface area contributed by atoms with Crippen LogP contribution in [0.4, 0.5) is 11.4 Å². The van der Waals surface area contributed by atoms with Crippen LogP contribution in [0.3, 0.4) is 0 Å². The van der Waals surface area contributed by atoms with Gasteiger partial charge in [-0.15, -0.1) is 0 Å². The molecule has 1 aromatic carbocycles. The van der Waals surface area contributed by atoms with Gasteiger partial charge in [-0.25, -0.2) is 0 Å². The summed E-state index contributed by atoms with van der Waals surface area (Å²) < 4.78 is 0. The molecule has 120 valence electrons. The van der Waals surface area contributed by atoms with Crippen LogP contribution in [0.15, 0.2) is 30.4 Å². The minimum absolute atomic E-state index is 0.0245. The molecule has 0 heterocycles. The maximum Gasteiger partial charge on any atom is 0.307 e. The molecule has 3 N–H and O–H groups in total. The van der Waals surface area contributed by atoms with E-state index in [4.69, 9.17) is 0 Å². The quantitative estimate of drug-likeness (QED) is 0.336. The number of nitro benzene ring substituents is 1. The third-order valence-electron chi connectivity index (χ3n) is 4.50. The number of non-ortho nitro benzene ring substituents is 1. The predicted molar refractivity (Wildman–Crippen MR) is 78.7 cm³/mol. The molecule has 8 heteroatoms. The fourth-order valence-electron chi connectivity index (χ4n) is 3.47.